The van der Waals surface area contributed by atoms with Gasteiger partial charge in [-0.15, -0.1) is 0 Å². The van der Waals surface area contributed by atoms with Crippen molar-refractivity contribution in [3.8, 4) is 5.75 Å². The van der Waals surface area contributed by atoms with Crippen LogP contribution in [-0.2, 0) is 17.9 Å². The molecule has 7 heteroatoms. The molecule has 0 atom stereocenters. The number of rotatable bonds is 6. The Labute approximate surface area is 191 Å². The quantitative estimate of drug-likeness (QED) is 0.369. The maximum atomic E-state index is 13.0. The monoisotopic (exact) mass is 497 g/mol. The molecule has 1 heterocycles. The van der Waals surface area contributed by atoms with Gasteiger partial charge in [0.05, 0.1) is 11.4 Å². The van der Waals surface area contributed by atoms with Crippen LogP contribution in [0.4, 0.5) is 9.18 Å². The molecule has 2 amide bonds. The number of hydrogen-bond acceptors (Lipinski definition) is 4. The summed E-state index contributed by atoms with van der Waals surface area (Å²) in [5, 5.41) is -0.296. The molecule has 0 radical (unpaired) electrons. The van der Waals surface area contributed by atoms with Crippen LogP contribution in [0.2, 0.25) is 0 Å². The highest BCUT2D eigenvalue weighted by Crippen LogP contribution is 2.34. The van der Waals surface area contributed by atoms with Crippen LogP contribution in [0, 0.1) is 5.82 Å². The largest absolute Gasteiger partial charge is 0.489 e. The Balaban J connectivity index is 1.46. The molecule has 0 spiro atoms. The van der Waals surface area contributed by atoms with Gasteiger partial charge in [0.15, 0.2) is 0 Å². The fourth-order valence-electron chi connectivity index (χ4n) is 3.03. The molecule has 1 aliphatic rings. The van der Waals surface area contributed by atoms with E-state index in [1.54, 1.807) is 30.3 Å². The van der Waals surface area contributed by atoms with Crippen LogP contribution in [0.5, 0.6) is 5.75 Å². The molecule has 4 rings (SSSR count). The number of imide groups is 1. The molecular formula is C24H17BrFNO3S. The third-order valence-corrected chi connectivity index (χ3v) is 6.32. The van der Waals surface area contributed by atoms with Crippen molar-refractivity contribution < 1.29 is 18.7 Å². The minimum Gasteiger partial charge on any atom is -0.489 e. The molecule has 0 aliphatic carbocycles. The summed E-state index contributed by atoms with van der Waals surface area (Å²) in [7, 11) is 0. The molecule has 4 nitrogen and oxygen atoms in total. The number of amides is 2. The predicted octanol–water partition coefficient (Wildman–Crippen LogP) is 6.40. The van der Waals surface area contributed by atoms with Crippen molar-refractivity contribution in [3.05, 3.63) is 105 Å². The number of nitrogens with zero attached hydrogens (tertiary/aromatic N) is 1. The molecule has 1 aliphatic heterocycles. The molecule has 0 aromatic heterocycles. The first-order valence-corrected chi connectivity index (χ1v) is 11.1. The zero-order valence-electron chi connectivity index (χ0n) is 16.3. The second-order valence-electron chi connectivity index (χ2n) is 6.85. The number of benzene rings is 3. The van der Waals surface area contributed by atoms with Gasteiger partial charge in [0.25, 0.3) is 11.1 Å². The fraction of sp³-hybridized carbons (Fsp3) is 0.0833. The molecule has 0 unspecified atom stereocenters. The van der Waals surface area contributed by atoms with E-state index in [1.807, 2.05) is 36.4 Å². The van der Waals surface area contributed by atoms with Crippen LogP contribution >= 0.6 is 27.7 Å². The summed E-state index contributed by atoms with van der Waals surface area (Å²) in [6, 6.07) is 20.9. The van der Waals surface area contributed by atoms with Gasteiger partial charge in [0.1, 0.15) is 18.2 Å². The summed E-state index contributed by atoms with van der Waals surface area (Å²) >= 11 is 4.38. The Morgan fingerprint density at radius 1 is 1.00 bits per heavy atom. The second-order valence-corrected chi connectivity index (χ2v) is 8.69. The zero-order valence-corrected chi connectivity index (χ0v) is 18.7. The van der Waals surface area contributed by atoms with Gasteiger partial charge in [-0.2, -0.15) is 0 Å². The lowest BCUT2D eigenvalue weighted by atomic mass is 10.2. The maximum Gasteiger partial charge on any atom is 0.293 e. The summed E-state index contributed by atoms with van der Waals surface area (Å²) < 4.78 is 19.6. The minimum absolute atomic E-state index is 0.213. The van der Waals surface area contributed by atoms with Gasteiger partial charge in [-0.05, 0) is 64.9 Å². The van der Waals surface area contributed by atoms with Crippen LogP contribution < -0.4 is 4.74 Å². The molecule has 3 aromatic carbocycles. The highest BCUT2D eigenvalue weighted by atomic mass is 79.9. The predicted molar refractivity (Wildman–Crippen MR) is 123 cm³/mol. The molecule has 0 N–H and O–H groups in total. The third kappa shape index (κ3) is 5.24. The van der Waals surface area contributed by atoms with Crippen LogP contribution in [0.3, 0.4) is 0 Å². The highest BCUT2D eigenvalue weighted by molar-refractivity contribution is 9.10. The average Bonchev–Trinajstić information content (AvgIpc) is 3.02. The first-order valence-electron chi connectivity index (χ1n) is 9.46. The number of hydrogen-bond donors (Lipinski definition) is 0. The second kappa shape index (κ2) is 9.49. The van der Waals surface area contributed by atoms with Crippen molar-refractivity contribution in [3.63, 3.8) is 0 Å². The molecule has 0 saturated carbocycles. The number of carbonyl (C=O) groups excluding carboxylic acids is 2. The van der Waals surface area contributed by atoms with Gasteiger partial charge in [-0.25, -0.2) is 4.39 Å². The molecule has 1 fully saturated rings. The SMILES string of the molecule is O=C1S/C(=C/c2cccc(OCc3ccc(F)cc3)c2)C(=O)N1Cc1ccccc1Br. The molecule has 31 heavy (non-hydrogen) atoms. The lowest BCUT2D eigenvalue weighted by Gasteiger charge is -2.13. The minimum atomic E-state index is -0.316. The average molecular weight is 498 g/mol. The van der Waals surface area contributed by atoms with Gasteiger partial charge in [0.2, 0.25) is 0 Å². The zero-order chi connectivity index (χ0) is 21.8. The smallest absolute Gasteiger partial charge is 0.293 e. The van der Waals surface area contributed by atoms with E-state index in [9.17, 15) is 14.0 Å². The van der Waals surface area contributed by atoms with E-state index in [2.05, 4.69) is 15.9 Å². The van der Waals surface area contributed by atoms with Gasteiger partial charge in [0, 0.05) is 4.47 Å². The standard InChI is InChI=1S/C24H17BrFNO3S/c25-21-7-2-1-5-18(21)14-27-23(28)22(31-24(27)29)13-17-4-3-6-20(12-17)30-15-16-8-10-19(26)11-9-16/h1-13H,14-15H2/b22-13+. The van der Waals surface area contributed by atoms with Crippen LogP contribution in [0.15, 0.2) is 82.2 Å². The van der Waals surface area contributed by atoms with E-state index in [1.165, 1.54) is 17.0 Å². The van der Waals surface area contributed by atoms with Gasteiger partial charge < -0.3 is 4.74 Å². The van der Waals surface area contributed by atoms with Crippen LogP contribution in [-0.4, -0.2) is 16.0 Å². The summed E-state index contributed by atoms with van der Waals surface area (Å²) in [6.07, 6.45) is 1.69. The first-order chi connectivity index (χ1) is 15.0. The van der Waals surface area contributed by atoms with E-state index in [0.717, 1.165) is 32.9 Å². The highest BCUT2D eigenvalue weighted by Gasteiger charge is 2.35. The Morgan fingerprint density at radius 3 is 2.55 bits per heavy atom. The van der Waals surface area contributed by atoms with E-state index in [0.29, 0.717) is 17.3 Å². The van der Waals surface area contributed by atoms with Gasteiger partial charge in [-0.3, -0.25) is 14.5 Å². The lowest BCUT2D eigenvalue weighted by molar-refractivity contribution is -0.123. The van der Waals surface area contributed by atoms with Crippen molar-refractivity contribution in [2.45, 2.75) is 13.2 Å². The Hall–Kier alpha value is -2.90. The Morgan fingerprint density at radius 2 is 1.77 bits per heavy atom. The number of carbonyl (C=O) groups is 2. The van der Waals surface area contributed by atoms with Gasteiger partial charge >= 0.3 is 0 Å². The topological polar surface area (TPSA) is 46.6 Å². The molecular weight excluding hydrogens is 481 g/mol. The molecule has 0 bridgehead atoms. The van der Waals surface area contributed by atoms with Crippen molar-refractivity contribution in [2.75, 3.05) is 0 Å². The normalized spacial score (nSPS) is 15.0. The molecule has 3 aromatic rings. The number of halogens is 2. The fourth-order valence-corrected chi connectivity index (χ4v) is 4.27. The Bertz CT molecular complexity index is 1160. The third-order valence-electron chi connectivity index (χ3n) is 4.63. The van der Waals surface area contributed by atoms with E-state index in [-0.39, 0.29) is 23.5 Å². The van der Waals surface area contributed by atoms with Gasteiger partial charge in [-0.1, -0.05) is 58.4 Å². The summed E-state index contributed by atoms with van der Waals surface area (Å²) in [6.45, 7) is 0.510. The van der Waals surface area contributed by atoms with Crippen molar-refractivity contribution in [1.29, 1.82) is 0 Å². The van der Waals surface area contributed by atoms with Crippen LogP contribution in [0.1, 0.15) is 16.7 Å². The summed E-state index contributed by atoms with van der Waals surface area (Å²) in [4.78, 5) is 26.8. The Kier molecular flexibility index (Phi) is 6.53. The van der Waals surface area contributed by atoms with E-state index >= 15 is 0 Å². The summed E-state index contributed by atoms with van der Waals surface area (Å²) in [5.74, 6) is 0.00761. The van der Waals surface area contributed by atoms with Crippen molar-refractivity contribution >= 4 is 44.9 Å². The maximum absolute atomic E-state index is 13.0. The molecule has 1 saturated heterocycles. The van der Waals surface area contributed by atoms with Crippen molar-refractivity contribution in [1.82, 2.24) is 4.90 Å². The lowest BCUT2D eigenvalue weighted by Crippen LogP contribution is -2.27. The van der Waals surface area contributed by atoms with Crippen LogP contribution in [0.25, 0.3) is 6.08 Å². The number of thioether (sulfide) groups is 1. The first kappa shape index (κ1) is 21.3. The molecule has 156 valence electrons. The van der Waals surface area contributed by atoms with E-state index in [4.69, 9.17) is 4.74 Å². The number of ether oxygens (including phenoxy) is 1. The van der Waals surface area contributed by atoms with E-state index < -0.39 is 0 Å². The summed E-state index contributed by atoms with van der Waals surface area (Å²) in [5.41, 5.74) is 2.46. The van der Waals surface area contributed by atoms with Crippen molar-refractivity contribution in [2.24, 2.45) is 0 Å².